The lowest BCUT2D eigenvalue weighted by atomic mass is 9.92. The maximum absolute atomic E-state index is 12.9. The number of rotatable bonds is 10. The van der Waals surface area contributed by atoms with Crippen molar-refractivity contribution in [2.24, 2.45) is 5.41 Å². The monoisotopic (exact) mass is 547 g/mol. The van der Waals surface area contributed by atoms with Crippen molar-refractivity contribution >= 4 is 33.7 Å². The molecule has 1 aliphatic rings. The smallest absolute Gasteiger partial charge is 0.261 e. The van der Waals surface area contributed by atoms with Gasteiger partial charge in [0.25, 0.3) is 5.56 Å². The second-order valence-corrected chi connectivity index (χ2v) is 12.6. The number of anilines is 2. The van der Waals surface area contributed by atoms with Gasteiger partial charge in [0.05, 0.1) is 34.2 Å². The third-order valence-corrected chi connectivity index (χ3v) is 8.78. The highest BCUT2D eigenvalue weighted by atomic mass is 32.1. The molecule has 4 heterocycles. The average molecular weight is 548 g/mol. The first kappa shape index (κ1) is 27.5. The Morgan fingerprint density at radius 3 is 2.74 bits per heavy atom. The van der Waals surface area contributed by atoms with Crippen molar-refractivity contribution in [2.75, 3.05) is 49.6 Å². The first-order chi connectivity index (χ1) is 18.7. The fraction of sp³-hybridized carbons (Fsp3) is 0.484. The van der Waals surface area contributed by atoms with E-state index in [9.17, 15) is 4.79 Å². The molecule has 0 radical (unpaired) electrons. The van der Waals surface area contributed by atoms with Crippen LogP contribution in [0.15, 0.2) is 57.5 Å². The summed E-state index contributed by atoms with van der Waals surface area (Å²) < 4.78 is 7.19. The van der Waals surface area contributed by atoms with Gasteiger partial charge >= 0.3 is 0 Å². The molecule has 0 fully saturated rings. The number of pyridine rings is 1. The van der Waals surface area contributed by atoms with Crippen LogP contribution in [0.1, 0.15) is 43.3 Å². The lowest BCUT2D eigenvalue weighted by molar-refractivity contribution is 0.252. The molecule has 0 saturated carbocycles. The van der Waals surface area contributed by atoms with Crippen LogP contribution in [-0.2, 0) is 19.5 Å². The zero-order valence-corrected chi connectivity index (χ0v) is 24.8. The largest absolute Gasteiger partial charge is 0.464 e. The molecule has 1 aromatic carbocycles. The van der Waals surface area contributed by atoms with E-state index in [-0.39, 0.29) is 11.0 Å². The first-order valence-corrected chi connectivity index (χ1v) is 14.9. The lowest BCUT2D eigenvalue weighted by Gasteiger charge is -2.30. The fourth-order valence-electron chi connectivity index (χ4n) is 5.85. The van der Waals surface area contributed by atoms with Gasteiger partial charge in [-0.15, -0.1) is 11.3 Å². The van der Waals surface area contributed by atoms with E-state index in [1.807, 2.05) is 17.8 Å². The summed E-state index contributed by atoms with van der Waals surface area (Å²) in [4.78, 5) is 26.1. The van der Waals surface area contributed by atoms with Crippen molar-refractivity contribution in [1.82, 2.24) is 14.5 Å². The van der Waals surface area contributed by atoms with E-state index < -0.39 is 0 Å². The summed E-state index contributed by atoms with van der Waals surface area (Å²) in [5, 5.41) is 0.639. The van der Waals surface area contributed by atoms with Crippen LogP contribution in [0.4, 0.5) is 11.4 Å². The Labute approximate surface area is 235 Å². The molecule has 4 aromatic rings. The Bertz CT molecular complexity index is 1470. The van der Waals surface area contributed by atoms with Gasteiger partial charge in [-0.3, -0.25) is 9.69 Å². The zero-order chi connectivity index (χ0) is 27.6. The Morgan fingerprint density at radius 1 is 1.13 bits per heavy atom. The molecule has 0 bridgehead atoms. The molecular formula is C31H41N5O2S. The molecule has 8 heteroatoms. The molecule has 3 aromatic heterocycles. The number of fused-ring (bicyclic) bond motifs is 2. The summed E-state index contributed by atoms with van der Waals surface area (Å²) in [6, 6.07) is 10.7. The number of thiazole rings is 1. The fourth-order valence-corrected chi connectivity index (χ4v) is 6.67. The number of aromatic nitrogens is 2. The molecule has 0 unspecified atom stereocenters. The highest BCUT2D eigenvalue weighted by Crippen LogP contribution is 2.37. The number of hydrogen-bond acceptors (Lipinski definition) is 7. The van der Waals surface area contributed by atoms with Crippen LogP contribution in [0.5, 0.6) is 0 Å². The number of nitrogens with zero attached hydrogens (tertiary/aromatic N) is 5. The van der Waals surface area contributed by atoms with E-state index in [4.69, 9.17) is 4.42 Å². The van der Waals surface area contributed by atoms with Gasteiger partial charge in [-0.1, -0.05) is 19.9 Å². The van der Waals surface area contributed by atoms with Crippen molar-refractivity contribution in [1.29, 1.82) is 0 Å². The van der Waals surface area contributed by atoms with Gasteiger partial charge in [0.2, 0.25) is 0 Å². The van der Waals surface area contributed by atoms with Crippen molar-refractivity contribution in [2.45, 2.75) is 53.6 Å². The minimum atomic E-state index is 0.00793. The van der Waals surface area contributed by atoms with Gasteiger partial charge in [-0.05, 0) is 68.5 Å². The molecule has 7 nitrogen and oxygen atoms in total. The maximum Gasteiger partial charge on any atom is 0.261 e. The standard InChI is InChI=1S/C31H41N5O2S/c1-6-35-21-31(3,4)20-33(5)27-18-24(9-10-26(27)35)8-7-13-34(19-29-23(2)32-22-39-29)15-16-36-14-11-28-25(30(36)37)12-17-38-28/h9-12,14,17-18,22H,6-8,13,15-16,19-21H2,1-5H3. The van der Waals surface area contributed by atoms with Crippen LogP contribution < -0.4 is 15.4 Å². The van der Waals surface area contributed by atoms with Gasteiger partial charge in [-0.25, -0.2) is 4.98 Å². The molecule has 5 rings (SSSR count). The van der Waals surface area contributed by atoms with Gasteiger partial charge in [0, 0.05) is 57.4 Å². The van der Waals surface area contributed by atoms with E-state index in [1.165, 1.54) is 21.8 Å². The molecule has 0 saturated heterocycles. The third kappa shape index (κ3) is 6.23. The average Bonchev–Trinajstić information content (AvgIpc) is 3.53. The van der Waals surface area contributed by atoms with Crippen molar-refractivity contribution in [3.05, 3.63) is 74.8 Å². The number of hydrogen-bond donors (Lipinski definition) is 0. The molecule has 208 valence electrons. The van der Waals surface area contributed by atoms with E-state index in [2.05, 4.69) is 72.6 Å². The minimum Gasteiger partial charge on any atom is -0.464 e. The molecule has 0 amide bonds. The Hall–Kier alpha value is -3.10. The van der Waals surface area contributed by atoms with Gasteiger partial charge in [-0.2, -0.15) is 0 Å². The molecule has 0 aliphatic carbocycles. The minimum absolute atomic E-state index is 0.00793. The van der Waals surface area contributed by atoms with Crippen LogP contribution in [-0.4, -0.2) is 54.2 Å². The Balaban J connectivity index is 1.27. The van der Waals surface area contributed by atoms with Crippen LogP contribution in [0, 0.1) is 12.3 Å². The zero-order valence-electron chi connectivity index (χ0n) is 23.9. The topological polar surface area (TPSA) is 57.8 Å². The van der Waals surface area contributed by atoms with Gasteiger partial charge in [0.1, 0.15) is 5.58 Å². The molecule has 0 atom stereocenters. The van der Waals surface area contributed by atoms with E-state index >= 15 is 0 Å². The van der Waals surface area contributed by atoms with Crippen molar-refractivity contribution in [3.63, 3.8) is 0 Å². The summed E-state index contributed by atoms with van der Waals surface area (Å²) in [6.07, 6.45) is 5.50. The quantitative estimate of drug-likeness (QED) is 0.250. The van der Waals surface area contributed by atoms with Gasteiger partial charge < -0.3 is 18.8 Å². The predicted octanol–water partition coefficient (Wildman–Crippen LogP) is 5.80. The normalized spacial score (nSPS) is 15.2. The predicted molar refractivity (Wildman–Crippen MR) is 162 cm³/mol. The molecule has 0 spiro atoms. The van der Waals surface area contributed by atoms with Crippen LogP contribution in [0.25, 0.3) is 11.0 Å². The van der Waals surface area contributed by atoms with Crippen LogP contribution in [0.3, 0.4) is 0 Å². The summed E-state index contributed by atoms with van der Waals surface area (Å²) in [5.41, 5.74) is 7.98. The molecule has 0 N–H and O–H groups in total. The summed E-state index contributed by atoms with van der Waals surface area (Å²) in [5.74, 6) is 0. The number of aryl methyl sites for hydroxylation is 2. The Morgan fingerprint density at radius 2 is 1.97 bits per heavy atom. The summed E-state index contributed by atoms with van der Waals surface area (Å²) in [7, 11) is 2.23. The number of benzene rings is 1. The second-order valence-electron chi connectivity index (χ2n) is 11.6. The maximum atomic E-state index is 12.9. The van der Waals surface area contributed by atoms with E-state index in [1.54, 1.807) is 28.2 Å². The summed E-state index contributed by atoms with van der Waals surface area (Å²) >= 11 is 1.71. The second kappa shape index (κ2) is 11.6. The highest BCUT2D eigenvalue weighted by molar-refractivity contribution is 7.09. The molecule has 1 aliphatic heterocycles. The number of furan rings is 1. The summed E-state index contributed by atoms with van der Waals surface area (Å²) in [6.45, 7) is 15.4. The highest BCUT2D eigenvalue weighted by Gasteiger charge is 2.29. The molecular weight excluding hydrogens is 506 g/mol. The SMILES string of the molecule is CCN1CC(C)(C)CN(C)c2cc(CCCN(CCn3ccc4occc4c3=O)Cc3scnc3C)ccc21. The van der Waals surface area contributed by atoms with E-state index in [0.717, 1.165) is 57.8 Å². The Kier molecular flexibility index (Phi) is 8.14. The van der Waals surface area contributed by atoms with E-state index in [0.29, 0.717) is 17.5 Å². The van der Waals surface area contributed by atoms with Crippen molar-refractivity contribution in [3.8, 4) is 0 Å². The van der Waals surface area contributed by atoms with Gasteiger partial charge in [0.15, 0.2) is 0 Å². The van der Waals surface area contributed by atoms with Crippen molar-refractivity contribution < 1.29 is 4.42 Å². The van der Waals surface area contributed by atoms with Crippen LogP contribution in [0.2, 0.25) is 0 Å². The van der Waals surface area contributed by atoms with Crippen LogP contribution >= 0.6 is 11.3 Å². The molecule has 39 heavy (non-hydrogen) atoms. The third-order valence-electron chi connectivity index (χ3n) is 7.86. The lowest BCUT2D eigenvalue weighted by Crippen LogP contribution is -2.37. The first-order valence-electron chi connectivity index (χ1n) is 14.0.